The molecule has 1 aliphatic carbocycles. The van der Waals surface area contributed by atoms with Crippen LogP contribution in [0.1, 0.15) is 63.1 Å². The van der Waals surface area contributed by atoms with Crippen molar-refractivity contribution in [1.29, 1.82) is 0 Å². The Hall–Kier alpha value is -2.37. The predicted molar refractivity (Wildman–Crippen MR) is 134 cm³/mol. The maximum atomic E-state index is 12.9. The van der Waals surface area contributed by atoms with E-state index in [0.717, 1.165) is 57.3 Å². The van der Waals surface area contributed by atoms with Gasteiger partial charge in [0.05, 0.1) is 12.1 Å². The third kappa shape index (κ3) is 5.42. The van der Waals surface area contributed by atoms with E-state index < -0.39 is 5.60 Å². The molecule has 2 aromatic rings. The molecule has 0 unspecified atom stereocenters. The molecule has 0 spiro atoms. The highest BCUT2D eigenvalue weighted by atomic mass is 16.3. The number of carbonyl (C=O) groups excluding carboxylic acids is 1. The van der Waals surface area contributed by atoms with Crippen LogP contribution >= 0.6 is 0 Å². The van der Waals surface area contributed by atoms with Crippen molar-refractivity contribution in [2.45, 2.75) is 64.1 Å². The molecule has 0 aromatic heterocycles. The molecule has 1 saturated heterocycles. The lowest BCUT2D eigenvalue weighted by Gasteiger charge is -2.52. The Morgan fingerprint density at radius 1 is 1.06 bits per heavy atom. The van der Waals surface area contributed by atoms with Crippen molar-refractivity contribution < 1.29 is 9.90 Å². The summed E-state index contributed by atoms with van der Waals surface area (Å²) < 4.78 is 0. The lowest BCUT2D eigenvalue weighted by molar-refractivity contribution is -0.138. The van der Waals surface area contributed by atoms with Crippen molar-refractivity contribution in [3.63, 3.8) is 0 Å². The molecule has 33 heavy (non-hydrogen) atoms. The van der Waals surface area contributed by atoms with Gasteiger partial charge < -0.3 is 15.3 Å². The third-order valence-corrected chi connectivity index (χ3v) is 7.71. The Morgan fingerprint density at radius 3 is 2.48 bits per heavy atom. The van der Waals surface area contributed by atoms with Gasteiger partial charge in [0.1, 0.15) is 0 Å². The number of aliphatic hydroxyl groups is 1. The summed E-state index contributed by atoms with van der Waals surface area (Å²) in [5.74, 6) is 0.214. The highest BCUT2D eigenvalue weighted by molar-refractivity contribution is 5.78. The Balaban J connectivity index is 1.53. The number of hydrogen-bond acceptors (Lipinski definition) is 4. The number of fused-ring (bicyclic) bond motifs is 1. The van der Waals surface area contributed by atoms with Crippen molar-refractivity contribution >= 4 is 11.6 Å². The van der Waals surface area contributed by atoms with Crippen LogP contribution in [-0.2, 0) is 11.3 Å². The monoisotopic (exact) mass is 449 g/mol. The minimum Gasteiger partial charge on any atom is -0.389 e. The first-order valence-corrected chi connectivity index (χ1v) is 12.7. The minimum atomic E-state index is -0.614. The fourth-order valence-corrected chi connectivity index (χ4v) is 5.87. The van der Waals surface area contributed by atoms with Crippen molar-refractivity contribution in [1.82, 2.24) is 10.2 Å². The number of rotatable bonds is 8. The van der Waals surface area contributed by atoms with E-state index in [9.17, 15) is 9.90 Å². The molecule has 1 saturated carbocycles. The summed E-state index contributed by atoms with van der Waals surface area (Å²) in [5, 5.41) is 14.6. The first kappa shape index (κ1) is 23.8. The van der Waals surface area contributed by atoms with Crippen LogP contribution in [0.5, 0.6) is 0 Å². The normalized spacial score (nSPS) is 25.3. The average Bonchev–Trinajstić information content (AvgIpc) is 2.85. The smallest absolute Gasteiger partial charge is 0.234 e. The summed E-state index contributed by atoms with van der Waals surface area (Å²) >= 11 is 0. The second-order valence-electron chi connectivity index (χ2n) is 9.65. The van der Waals surface area contributed by atoms with Crippen LogP contribution in [0.3, 0.4) is 0 Å². The Morgan fingerprint density at radius 2 is 1.79 bits per heavy atom. The second-order valence-corrected chi connectivity index (χ2v) is 9.65. The number of likely N-dealkylation sites (tertiary alicyclic amines) is 1. The molecule has 5 nitrogen and oxygen atoms in total. The predicted octanol–water partition coefficient (Wildman–Crippen LogP) is 4.52. The van der Waals surface area contributed by atoms with E-state index in [-0.39, 0.29) is 17.9 Å². The van der Waals surface area contributed by atoms with Gasteiger partial charge in [-0.3, -0.25) is 9.69 Å². The number of nitrogens with zero attached hydrogens (tertiary/aromatic N) is 2. The van der Waals surface area contributed by atoms with Gasteiger partial charge in [0, 0.05) is 43.8 Å². The quantitative estimate of drug-likeness (QED) is 0.622. The Kier molecular flexibility index (Phi) is 7.71. The van der Waals surface area contributed by atoms with Gasteiger partial charge in [-0.05, 0) is 56.4 Å². The molecule has 178 valence electrons. The van der Waals surface area contributed by atoms with Crippen LogP contribution in [0.4, 0.5) is 5.69 Å². The largest absolute Gasteiger partial charge is 0.389 e. The maximum absolute atomic E-state index is 12.9. The van der Waals surface area contributed by atoms with E-state index in [0.29, 0.717) is 13.1 Å². The van der Waals surface area contributed by atoms with E-state index in [1.54, 1.807) is 0 Å². The van der Waals surface area contributed by atoms with Gasteiger partial charge in [0.15, 0.2) is 0 Å². The molecule has 4 rings (SSSR count). The van der Waals surface area contributed by atoms with Crippen LogP contribution < -0.4 is 10.2 Å². The van der Waals surface area contributed by atoms with Gasteiger partial charge in [-0.15, -0.1) is 0 Å². The lowest BCUT2D eigenvalue weighted by atomic mass is 9.66. The third-order valence-electron chi connectivity index (χ3n) is 7.71. The zero-order chi connectivity index (χ0) is 23.3. The van der Waals surface area contributed by atoms with Crippen molar-refractivity contribution in [2.75, 3.05) is 31.1 Å². The first-order valence-electron chi connectivity index (χ1n) is 12.7. The van der Waals surface area contributed by atoms with E-state index in [2.05, 4.69) is 53.2 Å². The molecule has 0 radical (unpaired) electrons. The van der Waals surface area contributed by atoms with Gasteiger partial charge in [-0.2, -0.15) is 0 Å². The molecule has 2 fully saturated rings. The molecule has 5 heteroatoms. The summed E-state index contributed by atoms with van der Waals surface area (Å²) in [6, 6.07) is 18.9. The van der Waals surface area contributed by atoms with Crippen molar-refractivity contribution in [3.05, 3.63) is 65.7 Å². The summed E-state index contributed by atoms with van der Waals surface area (Å²) in [6.07, 6.45) is 4.88. The van der Waals surface area contributed by atoms with Crippen LogP contribution in [-0.4, -0.2) is 47.7 Å². The van der Waals surface area contributed by atoms with E-state index in [1.807, 2.05) is 30.3 Å². The number of amides is 1. The minimum absolute atomic E-state index is 0.0462. The molecular formula is C28H39N3O2. The number of benzene rings is 2. The molecule has 2 N–H and O–H groups in total. The average molecular weight is 450 g/mol. The van der Waals surface area contributed by atoms with E-state index >= 15 is 0 Å². The molecule has 1 heterocycles. The van der Waals surface area contributed by atoms with Crippen LogP contribution in [0, 0.1) is 5.92 Å². The van der Waals surface area contributed by atoms with E-state index in [1.165, 1.54) is 11.3 Å². The Bertz CT molecular complexity index is 897. The number of nitrogens with one attached hydrogen (secondary N) is 1. The van der Waals surface area contributed by atoms with Crippen molar-refractivity contribution in [3.8, 4) is 0 Å². The standard InChI is InChI=1S/C28H39N3O2/c1-3-30(4-2)24-15-13-23(14-16-24)27-25-12-8-9-17-28(25,33)18-19-31(27)21-26(32)29-20-22-10-6-5-7-11-22/h5-7,10-11,13-16,25,27,33H,3-4,8-9,12,17-21H2,1-2H3,(H,29,32)/t25-,27-,28-/m0/s1. The fourth-order valence-electron chi connectivity index (χ4n) is 5.87. The summed E-state index contributed by atoms with van der Waals surface area (Å²) in [5.41, 5.74) is 2.93. The number of anilines is 1. The topological polar surface area (TPSA) is 55.8 Å². The van der Waals surface area contributed by atoms with Crippen LogP contribution in [0.25, 0.3) is 0 Å². The lowest BCUT2D eigenvalue weighted by Crippen LogP contribution is -2.56. The van der Waals surface area contributed by atoms with Gasteiger partial charge in [-0.25, -0.2) is 0 Å². The highest BCUT2D eigenvalue weighted by Crippen LogP contribution is 2.49. The summed E-state index contributed by atoms with van der Waals surface area (Å²) in [7, 11) is 0. The van der Waals surface area contributed by atoms with Gasteiger partial charge in [0.25, 0.3) is 0 Å². The summed E-state index contributed by atoms with van der Waals surface area (Å²) in [6.45, 7) is 7.97. The molecular weight excluding hydrogens is 410 g/mol. The molecule has 3 atom stereocenters. The highest BCUT2D eigenvalue weighted by Gasteiger charge is 2.49. The van der Waals surface area contributed by atoms with Gasteiger partial charge >= 0.3 is 0 Å². The SMILES string of the molecule is CCN(CC)c1ccc([C@H]2[C@@H]3CCCC[C@]3(O)CCN2CC(=O)NCc2ccccc2)cc1. The molecule has 2 aromatic carbocycles. The molecule has 2 aliphatic rings. The van der Waals surface area contributed by atoms with Crippen LogP contribution in [0.15, 0.2) is 54.6 Å². The maximum Gasteiger partial charge on any atom is 0.234 e. The molecule has 1 aliphatic heterocycles. The number of hydrogen-bond donors (Lipinski definition) is 2. The first-order chi connectivity index (χ1) is 16.0. The van der Waals surface area contributed by atoms with Crippen LogP contribution in [0.2, 0.25) is 0 Å². The van der Waals surface area contributed by atoms with Gasteiger partial charge in [-0.1, -0.05) is 55.3 Å². The number of carbonyl (C=O) groups is 1. The Labute approximate surface area is 198 Å². The van der Waals surface area contributed by atoms with E-state index in [4.69, 9.17) is 0 Å². The zero-order valence-electron chi connectivity index (χ0n) is 20.2. The second kappa shape index (κ2) is 10.7. The molecule has 1 amide bonds. The number of piperidine rings is 1. The zero-order valence-corrected chi connectivity index (χ0v) is 20.2. The van der Waals surface area contributed by atoms with Crippen molar-refractivity contribution in [2.24, 2.45) is 5.92 Å². The summed E-state index contributed by atoms with van der Waals surface area (Å²) in [4.78, 5) is 17.5. The molecule has 0 bridgehead atoms. The van der Waals surface area contributed by atoms with Gasteiger partial charge in [0.2, 0.25) is 5.91 Å². The fraction of sp³-hybridized carbons (Fsp3) is 0.536.